The number of nitrogens with one attached hydrogen (secondary N) is 1. The van der Waals surface area contributed by atoms with E-state index in [0.29, 0.717) is 10.7 Å². The van der Waals surface area contributed by atoms with E-state index in [2.05, 4.69) is 5.32 Å². The summed E-state index contributed by atoms with van der Waals surface area (Å²) in [5.74, 6) is -1.24. The Bertz CT molecular complexity index is 495. The van der Waals surface area contributed by atoms with Crippen LogP contribution in [0.5, 0.6) is 0 Å². The lowest BCUT2D eigenvalue weighted by Crippen LogP contribution is -2.40. The summed E-state index contributed by atoms with van der Waals surface area (Å²) in [6.45, 7) is 3.38. The second-order valence-electron chi connectivity index (χ2n) is 4.44. The molecule has 0 saturated carbocycles. The largest absolute Gasteiger partial charge is 0.480 e. The van der Waals surface area contributed by atoms with Crippen molar-refractivity contribution in [3.05, 3.63) is 28.8 Å². The van der Waals surface area contributed by atoms with Crippen molar-refractivity contribution in [3.8, 4) is 0 Å². The number of carboxylic acids is 1. The zero-order chi connectivity index (χ0) is 14.6. The summed E-state index contributed by atoms with van der Waals surface area (Å²) < 4.78 is 0. The summed E-state index contributed by atoms with van der Waals surface area (Å²) in [7, 11) is 1.59. The molecule has 0 bridgehead atoms. The minimum Gasteiger partial charge on any atom is -0.480 e. The van der Waals surface area contributed by atoms with E-state index in [4.69, 9.17) is 16.7 Å². The highest BCUT2D eigenvalue weighted by Gasteiger charge is 2.19. The molecule has 1 atom stereocenters. The fourth-order valence-electron chi connectivity index (χ4n) is 1.47. The van der Waals surface area contributed by atoms with Gasteiger partial charge in [0, 0.05) is 10.7 Å². The zero-order valence-electron chi connectivity index (χ0n) is 11.5. The summed E-state index contributed by atoms with van der Waals surface area (Å²) in [6, 6.07) is 4.49. The normalized spacial score (nSPS) is 11.7. The maximum absolute atomic E-state index is 11.8. The van der Waals surface area contributed by atoms with Gasteiger partial charge in [0.15, 0.2) is 0 Å². The molecule has 1 amide bonds. The molecule has 1 rings (SSSR count). The molecule has 0 spiro atoms. The number of carbonyl (C=O) groups is 2. The second-order valence-corrected chi connectivity index (χ2v) is 4.87. The molecule has 0 aliphatic carbocycles. The highest BCUT2D eigenvalue weighted by Crippen LogP contribution is 2.20. The van der Waals surface area contributed by atoms with Crippen LogP contribution in [-0.2, 0) is 9.59 Å². The third-order valence-electron chi connectivity index (χ3n) is 2.89. The van der Waals surface area contributed by atoms with Crippen LogP contribution < -0.4 is 5.32 Å². The molecule has 2 N–H and O–H groups in total. The Hall–Kier alpha value is -1.30. The quantitative estimate of drug-likeness (QED) is 0.874. The molecule has 0 aliphatic heterocycles. The predicted octanol–water partition coefficient (Wildman–Crippen LogP) is 2.41. The SMILES string of the molecule is Cc1ccc(Cl)cc1NC(=O)CN(C)C(C)C(=O)O.Cl. The van der Waals surface area contributed by atoms with Crippen LogP contribution in [0.1, 0.15) is 12.5 Å². The van der Waals surface area contributed by atoms with Crippen LogP contribution in [0.4, 0.5) is 5.69 Å². The van der Waals surface area contributed by atoms with Crippen molar-refractivity contribution in [1.29, 1.82) is 0 Å². The smallest absolute Gasteiger partial charge is 0.320 e. The van der Waals surface area contributed by atoms with Crippen LogP contribution in [0.15, 0.2) is 18.2 Å². The monoisotopic (exact) mass is 320 g/mol. The summed E-state index contributed by atoms with van der Waals surface area (Å²) in [6.07, 6.45) is 0. The average molecular weight is 321 g/mol. The van der Waals surface area contributed by atoms with Gasteiger partial charge in [0.25, 0.3) is 0 Å². The highest BCUT2D eigenvalue weighted by atomic mass is 35.5. The van der Waals surface area contributed by atoms with Gasteiger partial charge in [-0.2, -0.15) is 0 Å². The van der Waals surface area contributed by atoms with Crippen molar-refractivity contribution in [1.82, 2.24) is 4.90 Å². The summed E-state index contributed by atoms with van der Waals surface area (Å²) >= 11 is 5.86. The van der Waals surface area contributed by atoms with Crippen LogP contribution in [0.25, 0.3) is 0 Å². The van der Waals surface area contributed by atoms with E-state index in [0.717, 1.165) is 5.56 Å². The average Bonchev–Trinajstić information content (AvgIpc) is 2.32. The van der Waals surface area contributed by atoms with Gasteiger partial charge < -0.3 is 10.4 Å². The van der Waals surface area contributed by atoms with Gasteiger partial charge in [-0.1, -0.05) is 17.7 Å². The van der Waals surface area contributed by atoms with Crippen LogP contribution in [0.3, 0.4) is 0 Å². The molecule has 0 heterocycles. The van der Waals surface area contributed by atoms with Gasteiger partial charge >= 0.3 is 5.97 Å². The van der Waals surface area contributed by atoms with Crippen molar-refractivity contribution in [2.45, 2.75) is 19.9 Å². The van der Waals surface area contributed by atoms with Crippen molar-refractivity contribution < 1.29 is 14.7 Å². The van der Waals surface area contributed by atoms with Crippen molar-refractivity contribution >= 4 is 41.6 Å². The van der Waals surface area contributed by atoms with Crippen LogP contribution in [0, 0.1) is 6.92 Å². The van der Waals surface area contributed by atoms with Crippen LogP contribution in [-0.4, -0.2) is 41.5 Å². The fourth-order valence-corrected chi connectivity index (χ4v) is 1.64. The lowest BCUT2D eigenvalue weighted by Gasteiger charge is -2.20. The third kappa shape index (κ3) is 5.36. The molecule has 0 aromatic heterocycles. The molecular formula is C13H18Cl2N2O3. The number of likely N-dealkylation sites (N-methyl/N-ethyl adjacent to an activating group) is 1. The molecule has 20 heavy (non-hydrogen) atoms. The Morgan fingerprint density at radius 3 is 2.60 bits per heavy atom. The molecule has 1 unspecified atom stereocenters. The van der Waals surface area contributed by atoms with Crippen molar-refractivity contribution in [2.24, 2.45) is 0 Å². The number of carbonyl (C=O) groups excluding carboxylic acids is 1. The van der Waals surface area contributed by atoms with Gasteiger partial charge in [0.2, 0.25) is 5.91 Å². The van der Waals surface area contributed by atoms with E-state index < -0.39 is 12.0 Å². The first-order chi connectivity index (χ1) is 8.81. The number of benzene rings is 1. The molecule has 0 saturated heterocycles. The van der Waals surface area contributed by atoms with E-state index in [-0.39, 0.29) is 24.9 Å². The molecule has 0 radical (unpaired) electrons. The number of anilines is 1. The van der Waals surface area contributed by atoms with E-state index in [1.807, 2.05) is 13.0 Å². The van der Waals surface area contributed by atoms with Crippen LogP contribution >= 0.6 is 24.0 Å². The Morgan fingerprint density at radius 1 is 1.45 bits per heavy atom. The number of nitrogens with zero attached hydrogens (tertiary/aromatic N) is 1. The Labute approximate surface area is 129 Å². The molecule has 7 heteroatoms. The molecule has 0 fully saturated rings. The maximum atomic E-state index is 11.8. The second kappa shape index (κ2) is 8.09. The number of carboxylic acid groups (broad SMARTS) is 1. The number of amides is 1. The van der Waals surface area contributed by atoms with Crippen LogP contribution in [0.2, 0.25) is 5.02 Å². The third-order valence-corrected chi connectivity index (χ3v) is 3.12. The first-order valence-electron chi connectivity index (χ1n) is 5.80. The molecule has 112 valence electrons. The van der Waals surface area contributed by atoms with Gasteiger partial charge in [0.1, 0.15) is 6.04 Å². The maximum Gasteiger partial charge on any atom is 0.320 e. The summed E-state index contributed by atoms with van der Waals surface area (Å²) in [4.78, 5) is 24.1. The van der Waals surface area contributed by atoms with Gasteiger partial charge in [-0.3, -0.25) is 14.5 Å². The summed E-state index contributed by atoms with van der Waals surface area (Å²) in [5, 5.41) is 12.1. The van der Waals surface area contributed by atoms with E-state index in [1.54, 1.807) is 19.2 Å². The minimum absolute atomic E-state index is 0. The Kier molecular flexibility index (Phi) is 7.57. The molecule has 1 aromatic rings. The van der Waals surface area contributed by atoms with E-state index in [9.17, 15) is 9.59 Å². The predicted molar refractivity (Wildman–Crippen MR) is 81.8 cm³/mol. The summed E-state index contributed by atoms with van der Waals surface area (Å²) in [5.41, 5.74) is 1.53. The number of hydrogen-bond donors (Lipinski definition) is 2. The van der Waals surface area contributed by atoms with Crippen molar-refractivity contribution in [2.75, 3.05) is 18.9 Å². The fraction of sp³-hybridized carbons (Fsp3) is 0.385. The van der Waals surface area contributed by atoms with Crippen molar-refractivity contribution in [3.63, 3.8) is 0 Å². The molecular weight excluding hydrogens is 303 g/mol. The van der Waals surface area contributed by atoms with E-state index in [1.165, 1.54) is 11.8 Å². The lowest BCUT2D eigenvalue weighted by molar-refractivity contribution is -0.142. The Morgan fingerprint density at radius 2 is 2.05 bits per heavy atom. The standard InChI is InChI=1S/C13H17ClN2O3.ClH/c1-8-4-5-10(14)6-11(8)15-12(17)7-16(3)9(2)13(18)19;/h4-6,9H,7H2,1-3H3,(H,15,17)(H,18,19);1H. The molecule has 5 nitrogen and oxygen atoms in total. The van der Waals surface area contributed by atoms with Gasteiger partial charge in [0.05, 0.1) is 6.54 Å². The minimum atomic E-state index is -0.964. The number of aryl methyl sites for hydroxylation is 1. The number of aliphatic carboxylic acids is 1. The molecule has 0 aliphatic rings. The first kappa shape index (κ1) is 18.7. The molecule has 1 aromatic carbocycles. The number of rotatable bonds is 5. The Balaban J connectivity index is 0.00000361. The lowest BCUT2D eigenvalue weighted by atomic mass is 10.2. The van der Waals surface area contributed by atoms with Gasteiger partial charge in [-0.15, -0.1) is 12.4 Å². The first-order valence-corrected chi connectivity index (χ1v) is 6.18. The van der Waals surface area contributed by atoms with E-state index >= 15 is 0 Å². The topological polar surface area (TPSA) is 69.6 Å². The highest BCUT2D eigenvalue weighted by molar-refractivity contribution is 6.31. The zero-order valence-corrected chi connectivity index (χ0v) is 13.1. The van der Waals surface area contributed by atoms with Gasteiger partial charge in [-0.25, -0.2) is 0 Å². The number of halogens is 2. The number of hydrogen-bond acceptors (Lipinski definition) is 3. The van der Waals surface area contributed by atoms with Gasteiger partial charge in [-0.05, 0) is 38.6 Å².